The maximum Gasteiger partial charge on any atom is 0.152 e. The van der Waals surface area contributed by atoms with Gasteiger partial charge in [0.1, 0.15) is 11.3 Å². The van der Waals surface area contributed by atoms with Crippen molar-refractivity contribution in [2.45, 2.75) is 6.92 Å². The molecule has 2 aromatic rings. The third-order valence-electron chi connectivity index (χ3n) is 1.93. The van der Waals surface area contributed by atoms with E-state index in [1.165, 1.54) is 0 Å². The number of fused-ring (bicyclic) bond motifs is 1. The van der Waals surface area contributed by atoms with Crippen molar-refractivity contribution in [2.24, 2.45) is 5.16 Å². The lowest BCUT2D eigenvalue weighted by molar-refractivity contribution is 0.318. The summed E-state index contributed by atoms with van der Waals surface area (Å²) in [6, 6.07) is 9.52. The van der Waals surface area contributed by atoms with Crippen LogP contribution in [0.25, 0.3) is 11.0 Å². The van der Waals surface area contributed by atoms with E-state index in [1.54, 1.807) is 6.92 Å². The molecule has 0 fully saturated rings. The molecule has 0 aliphatic carbocycles. The van der Waals surface area contributed by atoms with Crippen molar-refractivity contribution >= 4 is 16.7 Å². The highest BCUT2D eigenvalue weighted by Gasteiger charge is 2.05. The first kappa shape index (κ1) is 7.86. The van der Waals surface area contributed by atoms with Gasteiger partial charge in [-0.1, -0.05) is 23.4 Å². The second kappa shape index (κ2) is 2.94. The molecule has 0 saturated heterocycles. The Morgan fingerprint density at radius 2 is 2.15 bits per heavy atom. The molecule has 0 unspecified atom stereocenters. The van der Waals surface area contributed by atoms with Gasteiger partial charge in [0.15, 0.2) is 5.76 Å². The standard InChI is InChI=1S/C10H9NO2/c1-7(11-12)10-6-8-4-2-3-5-9(8)13-10/h2-6,12H,1H3. The third-order valence-corrected chi connectivity index (χ3v) is 1.93. The van der Waals surface area contributed by atoms with Crippen molar-refractivity contribution in [3.05, 3.63) is 36.1 Å². The summed E-state index contributed by atoms with van der Waals surface area (Å²) in [7, 11) is 0. The number of furan rings is 1. The lowest BCUT2D eigenvalue weighted by Crippen LogP contribution is -1.89. The summed E-state index contributed by atoms with van der Waals surface area (Å²) < 4.78 is 5.43. The Balaban J connectivity index is 2.62. The fourth-order valence-electron chi connectivity index (χ4n) is 1.21. The molecule has 0 aliphatic heterocycles. The van der Waals surface area contributed by atoms with Crippen LogP contribution in [-0.4, -0.2) is 10.9 Å². The maximum absolute atomic E-state index is 8.54. The largest absolute Gasteiger partial charge is 0.455 e. The molecule has 2 rings (SSSR count). The van der Waals surface area contributed by atoms with E-state index in [9.17, 15) is 0 Å². The van der Waals surface area contributed by atoms with Crippen molar-refractivity contribution < 1.29 is 9.62 Å². The Hall–Kier alpha value is -1.77. The third kappa shape index (κ3) is 1.28. The molecule has 1 aromatic heterocycles. The van der Waals surface area contributed by atoms with E-state index in [-0.39, 0.29) is 0 Å². The number of benzene rings is 1. The molecular formula is C10H9NO2. The molecule has 3 nitrogen and oxygen atoms in total. The minimum absolute atomic E-state index is 0.483. The Kier molecular flexibility index (Phi) is 1.77. The highest BCUT2D eigenvalue weighted by atomic mass is 16.4. The predicted octanol–water partition coefficient (Wildman–Crippen LogP) is 2.63. The first-order valence-corrected chi connectivity index (χ1v) is 3.99. The molecule has 1 N–H and O–H groups in total. The van der Waals surface area contributed by atoms with Crippen molar-refractivity contribution in [3.63, 3.8) is 0 Å². The van der Waals surface area contributed by atoms with Crippen LogP contribution in [0.5, 0.6) is 0 Å². The zero-order valence-electron chi connectivity index (χ0n) is 7.19. The molecule has 0 saturated carbocycles. The molecule has 0 aliphatic rings. The summed E-state index contributed by atoms with van der Waals surface area (Å²) in [6.07, 6.45) is 0. The molecule has 66 valence electrons. The molecule has 0 atom stereocenters. The van der Waals surface area contributed by atoms with E-state index in [1.807, 2.05) is 30.3 Å². The SMILES string of the molecule is CC(=NO)c1cc2ccccc2o1. The Morgan fingerprint density at radius 3 is 2.85 bits per heavy atom. The quantitative estimate of drug-likeness (QED) is 0.411. The van der Waals surface area contributed by atoms with Crippen LogP contribution in [-0.2, 0) is 0 Å². The van der Waals surface area contributed by atoms with Gasteiger partial charge >= 0.3 is 0 Å². The fraction of sp³-hybridized carbons (Fsp3) is 0.100. The van der Waals surface area contributed by atoms with Crippen LogP contribution in [0.1, 0.15) is 12.7 Å². The number of para-hydroxylation sites is 1. The van der Waals surface area contributed by atoms with Gasteiger partial charge in [0.2, 0.25) is 0 Å². The van der Waals surface area contributed by atoms with Crippen molar-refractivity contribution in [2.75, 3.05) is 0 Å². The molecule has 0 amide bonds. The van der Waals surface area contributed by atoms with Gasteiger partial charge in [0.25, 0.3) is 0 Å². The fourth-order valence-corrected chi connectivity index (χ4v) is 1.21. The summed E-state index contributed by atoms with van der Waals surface area (Å²) in [5, 5.41) is 12.6. The second-order valence-corrected chi connectivity index (χ2v) is 2.83. The van der Waals surface area contributed by atoms with Crippen LogP contribution < -0.4 is 0 Å². The zero-order chi connectivity index (χ0) is 9.26. The van der Waals surface area contributed by atoms with E-state index in [2.05, 4.69) is 5.16 Å². The molecule has 1 aromatic carbocycles. The van der Waals surface area contributed by atoms with E-state index in [4.69, 9.17) is 9.62 Å². The topological polar surface area (TPSA) is 45.7 Å². The van der Waals surface area contributed by atoms with Gasteiger partial charge < -0.3 is 9.62 Å². The van der Waals surface area contributed by atoms with Crippen LogP contribution in [0.2, 0.25) is 0 Å². The normalized spacial score (nSPS) is 12.2. The van der Waals surface area contributed by atoms with E-state index in [0.29, 0.717) is 11.5 Å². The summed E-state index contributed by atoms with van der Waals surface area (Å²) in [4.78, 5) is 0. The minimum Gasteiger partial charge on any atom is -0.455 e. The molecule has 3 heteroatoms. The van der Waals surface area contributed by atoms with Gasteiger partial charge in [-0.05, 0) is 19.1 Å². The van der Waals surface area contributed by atoms with Crippen LogP contribution in [0.15, 0.2) is 39.9 Å². The Morgan fingerprint density at radius 1 is 1.38 bits per heavy atom. The minimum atomic E-state index is 0.483. The van der Waals surface area contributed by atoms with E-state index < -0.39 is 0 Å². The highest BCUT2D eigenvalue weighted by molar-refractivity contribution is 5.99. The molecule has 0 bridgehead atoms. The summed E-state index contributed by atoms with van der Waals surface area (Å²) in [6.45, 7) is 1.69. The van der Waals surface area contributed by atoms with Gasteiger partial charge in [-0.25, -0.2) is 0 Å². The maximum atomic E-state index is 8.54. The summed E-state index contributed by atoms with van der Waals surface area (Å²) in [5.74, 6) is 0.601. The number of nitrogens with zero attached hydrogens (tertiary/aromatic N) is 1. The van der Waals surface area contributed by atoms with Gasteiger partial charge in [-0.2, -0.15) is 0 Å². The Bertz CT molecular complexity index is 424. The van der Waals surface area contributed by atoms with Gasteiger partial charge in [-0.15, -0.1) is 0 Å². The first-order valence-electron chi connectivity index (χ1n) is 3.99. The van der Waals surface area contributed by atoms with Crippen LogP contribution in [0.4, 0.5) is 0 Å². The van der Waals surface area contributed by atoms with Gasteiger partial charge in [-0.3, -0.25) is 0 Å². The number of hydrogen-bond acceptors (Lipinski definition) is 3. The number of hydrogen-bond donors (Lipinski definition) is 1. The molecule has 1 heterocycles. The number of rotatable bonds is 1. The van der Waals surface area contributed by atoms with Crippen molar-refractivity contribution in [1.82, 2.24) is 0 Å². The molecule has 0 radical (unpaired) electrons. The number of oxime groups is 1. The van der Waals surface area contributed by atoms with Crippen molar-refractivity contribution in [3.8, 4) is 0 Å². The monoisotopic (exact) mass is 175 g/mol. The average Bonchev–Trinajstić information content (AvgIpc) is 2.59. The van der Waals surface area contributed by atoms with E-state index >= 15 is 0 Å². The second-order valence-electron chi connectivity index (χ2n) is 2.83. The predicted molar refractivity (Wildman–Crippen MR) is 50.2 cm³/mol. The van der Waals surface area contributed by atoms with Crippen LogP contribution >= 0.6 is 0 Å². The summed E-state index contributed by atoms with van der Waals surface area (Å²) in [5.41, 5.74) is 1.29. The Labute approximate surface area is 75.3 Å². The summed E-state index contributed by atoms with van der Waals surface area (Å²) >= 11 is 0. The van der Waals surface area contributed by atoms with E-state index in [0.717, 1.165) is 11.0 Å². The zero-order valence-corrected chi connectivity index (χ0v) is 7.19. The van der Waals surface area contributed by atoms with Crippen molar-refractivity contribution in [1.29, 1.82) is 0 Å². The lowest BCUT2D eigenvalue weighted by atomic mass is 10.2. The highest BCUT2D eigenvalue weighted by Crippen LogP contribution is 2.18. The van der Waals surface area contributed by atoms with Gasteiger partial charge in [0.05, 0.1) is 0 Å². The van der Waals surface area contributed by atoms with Crippen LogP contribution in [0, 0.1) is 0 Å². The molecular weight excluding hydrogens is 166 g/mol. The van der Waals surface area contributed by atoms with Gasteiger partial charge in [0, 0.05) is 5.39 Å². The molecule has 13 heavy (non-hydrogen) atoms. The average molecular weight is 175 g/mol. The lowest BCUT2D eigenvalue weighted by Gasteiger charge is -1.88. The molecule has 0 spiro atoms. The smallest absolute Gasteiger partial charge is 0.152 e. The van der Waals surface area contributed by atoms with Crippen LogP contribution in [0.3, 0.4) is 0 Å². The first-order chi connectivity index (χ1) is 6.31.